The minimum atomic E-state index is -0.239. The quantitative estimate of drug-likeness (QED) is 0.890. The summed E-state index contributed by atoms with van der Waals surface area (Å²) in [7, 11) is 0. The summed E-state index contributed by atoms with van der Waals surface area (Å²) in [5.74, 6) is 0.310. The lowest BCUT2D eigenvalue weighted by Crippen LogP contribution is -2.52. The first-order valence-electron chi connectivity index (χ1n) is 8.95. The summed E-state index contributed by atoms with van der Waals surface area (Å²) in [5.41, 5.74) is 1.88. The van der Waals surface area contributed by atoms with Crippen LogP contribution in [0.25, 0.3) is 0 Å². The predicted molar refractivity (Wildman–Crippen MR) is 98.0 cm³/mol. The number of halogens is 1. The molecule has 2 aromatic carbocycles. The van der Waals surface area contributed by atoms with E-state index in [0.717, 1.165) is 17.7 Å². The smallest absolute Gasteiger partial charge is 0.317 e. The maximum atomic E-state index is 13.0. The van der Waals surface area contributed by atoms with Gasteiger partial charge in [0.2, 0.25) is 0 Å². The topological polar surface area (TPSA) is 55.8 Å². The van der Waals surface area contributed by atoms with E-state index < -0.39 is 0 Å². The lowest BCUT2D eigenvalue weighted by atomic mass is 10.1. The third-order valence-corrected chi connectivity index (χ3v) is 5.19. The van der Waals surface area contributed by atoms with Crippen LogP contribution in [0.2, 0.25) is 0 Å². The average Bonchev–Trinajstić information content (AvgIpc) is 3.42. The first kappa shape index (κ1) is 16.7. The third-order valence-electron chi connectivity index (χ3n) is 5.19. The monoisotopic (exact) mass is 355 g/mol. The van der Waals surface area contributed by atoms with Crippen LogP contribution < -0.4 is 10.2 Å². The molecule has 1 heterocycles. The Labute approximate surface area is 152 Å². The molecule has 1 aliphatic heterocycles. The minimum Gasteiger partial charge on any atom is -0.506 e. The molecule has 2 aromatic rings. The summed E-state index contributed by atoms with van der Waals surface area (Å²) < 4.78 is 13.0. The molecule has 0 aromatic heterocycles. The van der Waals surface area contributed by atoms with E-state index in [-0.39, 0.29) is 29.6 Å². The number of amides is 2. The normalized spacial score (nSPS) is 22.2. The summed E-state index contributed by atoms with van der Waals surface area (Å²) in [4.78, 5) is 16.4. The Morgan fingerprint density at radius 1 is 1.04 bits per heavy atom. The van der Waals surface area contributed by atoms with Crippen molar-refractivity contribution in [1.29, 1.82) is 0 Å². The molecule has 0 radical (unpaired) electrons. The summed E-state index contributed by atoms with van der Waals surface area (Å²) in [5, 5.41) is 13.0. The summed E-state index contributed by atoms with van der Waals surface area (Å²) >= 11 is 0. The number of carbonyl (C=O) groups excluding carboxylic acids is 1. The van der Waals surface area contributed by atoms with E-state index in [2.05, 4.69) is 10.2 Å². The van der Waals surface area contributed by atoms with Crippen molar-refractivity contribution in [2.45, 2.75) is 18.4 Å². The van der Waals surface area contributed by atoms with Crippen LogP contribution in [0.3, 0.4) is 0 Å². The molecule has 0 spiro atoms. The Kier molecular flexibility index (Phi) is 4.41. The summed E-state index contributed by atoms with van der Waals surface area (Å²) in [6, 6.07) is 13.9. The van der Waals surface area contributed by atoms with Crippen LogP contribution in [0, 0.1) is 5.82 Å². The summed E-state index contributed by atoms with van der Waals surface area (Å²) in [6.45, 7) is 2.62. The van der Waals surface area contributed by atoms with Gasteiger partial charge in [-0.3, -0.25) is 0 Å². The van der Waals surface area contributed by atoms with Gasteiger partial charge in [0.05, 0.1) is 5.69 Å². The predicted octanol–water partition coefficient (Wildman–Crippen LogP) is 2.92. The fourth-order valence-electron chi connectivity index (χ4n) is 3.56. The van der Waals surface area contributed by atoms with Crippen LogP contribution in [-0.4, -0.2) is 48.3 Å². The van der Waals surface area contributed by atoms with Gasteiger partial charge in [-0.15, -0.1) is 0 Å². The standard InChI is InChI=1S/C20H22FN3O2/c21-15-7-5-14(6-8-15)16-13-17(16)22-20(26)24-11-9-23(10-12-24)18-3-1-2-4-19(18)25/h1-8,16-17,25H,9-13H2,(H,22,26)/t16-,17+/m0/s1. The number of phenolic OH excluding ortho intramolecular Hbond substituents is 1. The zero-order chi connectivity index (χ0) is 18.1. The Hall–Kier alpha value is -2.76. The van der Waals surface area contributed by atoms with Crippen molar-refractivity contribution in [3.8, 4) is 5.75 Å². The van der Waals surface area contributed by atoms with E-state index >= 15 is 0 Å². The molecule has 26 heavy (non-hydrogen) atoms. The number of piperazine rings is 1. The van der Waals surface area contributed by atoms with Crippen LogP contribution in [0.5, 0.6) is 5.75 Å². The van der Waals surface area contributed by atoms with Crippen molar-refractivity contribution in [1.82, 2.24) is 10.2 Å². The number of benzene rings is 2. The molecule has 2 atom stereocenters. The van der Waals surface area contributed by atoms with Gasteiger partial charge in [-0.05, 0) is 36.2 Å². The molecule has 2 amide bonds. The van der Waals surface area contributed by atoms with Gasteiger partial charge in [-0.25, -0.2) is 9.18 Å². The fraction of sp³-hybridized carbons (Fsp3) is 0.350. The van der Waals surface area contributed by atoms with E-state index in [0.29, 0.717) is 26.2 Å². The Bertz CT molecular complexity index is 788. The van der Waals surface area contributed by atoms with Crippen LogP contribution >= 0.6 is 0 Å². The highest BCUT2D eigenvalue weighted by Crippen LogP contribution is 2.40. The lowest BCUT2D eigenvalue weighted by Gasteiger charge is -2.36. The first-order valence-corrected chi connectivity index (χ1v) is 8.95. The second-order valence-corrected chi connectivity index (χ2v) is 6.91. The Balaban J connectivity index is 1.28. The van der Waals surface area contributed by atoms with Gasteiger partial charge in [0.25, 0.3) is 0 Å². The number of hydrogen-bond acceptors (Lipinski definition) is 3. The number of carbonyl (C=O) groups is 1. The maximum Gasteiger partial charge on any atom is 0.317 e. The number of para-hydroxylation sites is 2. The zero-order valence-electron chi connectivity index (χ0n) is 14.4. The number of rotatable bonds is 3. The number of urea groups is 1. The summed E-state index contributed by atoms with van der Waals surface area (Å²) in [6.07, 6.45) is 0.898. The van der Waals surface area contributed by atoms with E-state index in [1.165, 1.54) is 12.1 Å². The molecular formula is C20H22FN3O2. The van der Waals surface area contributed by atoms with Crippen molar-refractivity contribution in [3.63, 3.8) is 0 Å². The van der Waals surface area contributed by atoms with Gasteiger partial charge >= 0.3 is 6.03 Å². The number of nitrogens with zero attached hydrogens (tertiary/aromatic N) is 2. The molecule has 2 fully saturated rings. The van der Waals surface area contributed by atoms with Crippen LogP contribution in [0.15, 0.2) is 48.5 Å². The van der Waals surface area contributed by atoms with Crippen molar-refractivity contribution in [2.75, 3.05) is 31.1 Å². The molecule has 6 heteroatoms. The molecule has 5 nitrogen and oxygen atoms in total. The second kappa shape index (κ2) is 6.86. The van der Waals surface area contributed by atoms with E-state index in [9.17, 15) is 14.3 Å². The fourth-order valence-corrected chi connectivity index (χ4v) is 3.56. The number of aromatic hydroxyl groups is 1. The molecule has 0 bridgehead atoms. The van der Waals surface area contributed by atoms with E-state index in [1.54, 1.807) is 24.3 Å². The Morgan fingerprint density at radius 2 is 1.73 bits per heavy atom. The van der Waals surface area contributed by atoms with Crippen LogP contribution in [-0.2, 0) is 0 Å². The second-order valence-electron chi connectivity index (χ2n) is 6.91. The molecule has 4 rings (SSSR count). The van der Waals surface area contributed by atoms with Crippen molar-refractivity contribution in [2.24, 2.45) is 0 Å². The zero-order valence-corrected chi connectivity index (χ0v) is 14.4. The number of nitrogens with one attached hydrogen (secondary N) is 1. The average molecular weight is 355 g/mol. The van der Waals surface area contributed by atoms with Gasteiger partial charge in [-0.1, -0.05) is 24.3 Å². The van der Waals surface area contributed by atoms with Crippen molar-refractivity contribution in [3.05, 3.63) is 59.9 Å². The van der Waals surface area contributed by atoms with Crippen LogP contribution in [0.4, 0.5) is 14.9 Å². The maximum absolute atomic E-state index is 13.0. The van der Waals surface area contributed by atoms with Gasteiger partial charge < -0.3 is 20.2 Å². The van der Waals surface area contributed by atoms with Crippen molar-refractivity contribution >= 4 is 11.7 Å². The molecular weight excluding hydrogens is 333 g/mol. The van der Waals surface area contributed by atoms with E-state index in [1.807, 2.05) is 17.0 Å². The Morgan fingerprint density at radius 3 is 2.42 bits per heavy atom. The largest absolute Gasteiger partial charge is 0.506 e. The highest BCUT2D eigenvalue weighted by molar-refractivity contribution is 5.75. The van der Waals surface area contributed by atoms with Gasteiger partial charge in [0.15, 0.2) is 0 Å². The molecule has 2 N–H and O–H groups in total. The molecule has 1 saturated carbocycles. The van der Waals surface area contributed by atoms with Gasteiger partial charge in [0.1, 0.15) is 11.6 Å². The molecule has 1 saturated heterocycles. The van der Waals surface area contributed by atoms with E-state index in [4.69, 9.17) is 0 Å². The van der Waals surface area contributed by atoms with Crippen molar-refractivity contribution < 1.29 is 14.3 Å². The first-order chi connectivity index (χ1) is 12.6. The van der Waals surface area contributed by atoms with Crippen LogP contribution in [0.1, 0.15) is 17.9 Å². The highest BCUT2D eigenvalue weighted by atomic mass is 19.1. The highest BCUT2D eigenvalue weighted by Gasteiger charge is 2.40. The third kappa shape index (κ3) is 3.45. The number of hydrogen-bond donors (Lipinski definition) is 2. The molecule has 1 aliphatic carbocycles. The molecule has 136 valence electrons. The van der Waals surface area contributed by atoms with Gasteiger partial charge in [0, 0.05) is 38.1 Å². The molecule has 2 aliphatic rings. The lowest BCUT2D eigenvalue weighted by molar-refractivity contribution is 0.193. The molecule has 0 unspecified atom stereocenters. The number of anilines is 1. The van der Waals surface area contributed by atoms with Gasteiger partial charge in [-0.2, -0.15) is 0 Å². The minimum absolute atomic E-state index is 0.0449. The number of phenols is 1. The SMILES string of the molecule is O=C(N[C@@H]1C[C@H]1c1ccc(F)cc1)N1CCN(c2ccccc2O)CC1.